The van der Waals surface area contributed by atoms with Crippen molar-refractivity contribution in [3.8, 4) is 11.5 Å². The summed E-state index contributed by atoms with van der Waals surface area (Å²) < 4.78 is 10.9. The Morgan fingerprint density at radius 3 is 1.83 bits per heavy atom. The minimum atomic E-state index is -1.12. The highest BCUT2D eigenvalue weighted by molar-refractivity contribution is 6.42. The van der Waals surface area contributed by atoms with Crippen LogP contribution in [0.2, 0.25) is 20.1 Å². The molecule has 0 spiro atoms. The van der Waals surface area contributed by atoms with Crippen LogP contribution in [0.4, 0.5) is 5.69 Å². The largest absolute Gasteiger partial charge is 0.423 e. The summed E-state index contributed by atoms with van der Waals surface area (Å²) in [4.78, 5) is 49.9. The van der Waals surface area contributed by atoms with Gasteiger partial charge in [-0.05, 0) is 78.9 Å². The lowest BCUT2D eigenvalue weighted by Gasteiger charge is -2.11. The second kappa shape index (κ2) is 14.0. The van der Waals surface area contributed by atoms with Gasteiger partial charge in [-0.1, -0.05) is 46.4 Å². The van der Waals surface area contributed by atoms with Crippen LogP contribution in [0.15, 0.2) is 90.0 Å². The number of carbonyl (C=O) groups excluding carboxylic acids is 4. The number of carbonyl (C=O) groups is 4. The van der Waals surface area contributed by atoms with Crippen LogP contribution in [-0.2, 0) is 9.59 Å². The summed E-state index contributed by atoms with van der Waals surface area (Å²) in [5, 5.41) is 7.44. The summed E-state index contributed by atoms with van der Waals surface area (Å²) in [6.07, 6.45) is 1.13. The van der Waals surface area contributed by atoms with E-state index in [1.54, 1.807) is 0 Å². The van der Waals surface area contributed by atoms with Gasteiger partial charge in [0.05, 0.1) is 28.1 Å². The van der Waals surface area contributed by atoms with Crippen LogP contribution < -0.4 is 20.2 Å². The number of ether oxygens (including phenoxy) is 2. The summed E-state index contributed by atoms with van der Waals surface area (Å²) in [5.41, 5.74) is 2.83. The number of amides is 2. The quantitative estimate of drug-likeness (QED) is 0.0748. The summed E-state index contributed by atoms with van der Waals surface area (Å²) in [5.74, 6) is -3.62. The maximum Gasteiger partial charge on any atom is 0.343 e. The van der Waals surface area contributed by atoms with E-state index in [-0.39, 0.29) is 38.9 Å². The molecule has 4 rings (SSSR count). The number of hydrogen-bond donors (Lipinski definition) is 2. The van der Waals surface area contributed by atoms with Crippen molar-refractivity contribution in [3.63, 3.8) is 0 Å². The number of nitrogens with zero attached hydrogens (tertiary/aromatic N) is 1. The average Bonchev–Trinajstić information content (AvgIpc) is 2.96. The molecule has 4 aromatic carbocycles. The standard InChI is InChI=1S/C29H17Cl4N3O6/c30-19-6-1-16(2-7-19)28(39)41-22-11-5-18(25(14-22)42-29(40)17-3-8-20(31)9-4-17)15-34-36-27(38)26(37)35-24-13-21(32)10-12-23(24)33/h1-15H,(H,35,37)(H,36,38). The second-order valence-electron chi connectivity index (χ2n) is 8.27. The molecule has 0 aromatic heterocycles. The van der Waals surface area contributed by atoms with Gasteiger partial charge >= 0.3 is 23.8 Å². The number of anilines is 1. The summed E-state index contributed by atoms with van der Waals surface area (Å²) in [7, 11) is 0. The molecule has 0 bridgehead atoms. The number of nitrogens with one attached hydrogen (secondary N) is 2. The molecule has 0 unspecified atom stereocenters. The first-order valence-electron chi connectivity index (χ1n) is 11.8. The van der Waals surface area contributed by atoms with Gasteiger partial charge in [0.1, 0.15) is 11.5 Å². The SMILES string of the molecule is O=C(NN=Cc1ccc(OC(=O)c2ccc(Cl)cc2)cc1OC(=O)c1ccc(Cl)cc1)C(=O)Nc1cc(Cl)ccc1Cl. The van der Waals surface area contributed by atoms with Crippen LogP contribution in [0.3, 0.4) is 0 Å². The molecule has 0 aliphatic carbocycles. The van der Waals surface area contributed by atoms with Crippen LogP contribution in [0.5, 0.6) is 11.5 Å². The smallest absolute Gasteiger partial charge is 0.343 e. The van der Waals surface area contributed by atoms with Gasteiger partial charge in [0.15, 0.2) is 0 Å². The summed E-state index contributed by atoms with van der Waals surface area (Å²) in [6, 6.07) is 20.5. The molecule has 0 aliphatic rings. The van der Waals surface area contributed by atoms with Crippen molar-refractivity contribution >= 4 is 82.1 Å². The molecule has 0 saturated heterocycles. The van der Waals surface area contributed by atoms with Crippen LogP contribution >= 0.6 is 46.4 Å². The molecule has 2 N–H and O–H groups in total. The molecule has 212 valence electrons. The zero-order chi connectivity index (χ0) is 30.2. The third-order valence-corrected chi connectivity index (χ3v) is 6.38. The third kappa shape index (κ3) is 8.31. The van der Waals surface area contributed by atoms with Gasteiger partial charge in [-0.3, -0.25) is 9.59 Å². The van der Waals surface area contributed by atoms with Crippen LogP contribution in [0.25, 0.3) is 0 Å². The van der Waals surface area contributed by atoms with E-state index in [1.807, 2.05) is 0 Å². The lowest BCUT2D eigenvalue weighted by atomic mass is 10.2. The van der Waals surface area contributed by atoms with Gasteiger partial charge < -0.3 is 14.8 Å². The third-order valence-electron chi connectivity index (χ3n) is 5.31. The Labute approximate surface area is 258 Å². The Bertz CT molecular complexity index is 1690. The van der Waals surface area contributed by atoms with Gasteiger partial charge in [-0.15, -0.1) is 0 Å². The van der Waals surface area contributed by atoms with Crippen molar-refractivity contribution in [2.75, 3.05) is 5.32 Å². The molecule has 0 atom stereocenters. The molecular weight excluding hydrogens is 628 g/mol. The predicted molar refractivity (Wildman–Crippen MR) is 160 cm³/mol. The molecular formula is C29H17Cl4N3O6. The fourth-order valence-electron chi connectivity index (χ4n) is 3.25. The molecule has 2 amide bonds. The van der Waals surface area contributed by atoms with Gasteiger partial charge in [-0.25, -0.2) is 15.0 Å². The first kappa shape index (κ1) is 30.5. The molecule has 0 heterocycles. The molecule has 0 saturated carbocycles. The number of hydrogen-bond acceptors (Lipinski definition) is 7. The van der Waals surface area contributed by atoms with Crippen molar-refractivity contribution in [2.24, 2.45) is 5.10 Å². The number of hydrazone groups is 1. The number of esters is 2. The minimum absolute atomic E-state index is 0.0489. The first-order valence-corrected chi connectivity index (χ1v) is 13.3. The topological polar surface area (TPSA) is 123 Å². The van der Waals surface area contributed by atoms with Crippen LogP contribution in [0.1, 0.15) is 26.3 Å². The lowest BCUT2D eigenvalue weighted by molar-refractivity contribution is -0.136. The number of benzene rings is 4. The predicted octanol–water partition coefficient (Wildman–Crippen LogP) is 6.83. The molecule has 0 radical (unpaired) electrons. The monoisotopic (exact) mass is 643 g/mol. The molecule has 0 aliphatic heterocycles. The Balaban J connectivity index is 1.52. The van der Waals surface area contributed by atoms with Crippen LogP contribution in [0, 0.1) is 0 Å². The fourth-order valence-corrected chi connectivity index (χ4v) is 3.84. The first-order chi connectivity index (χ1) is 20.1. The van der Waals surface area contributed by atoms with Crippen LogP contribution in [-0.4, -0.2) is 30.0 Å². The summed E-state index contributed by atoms with van der Waals surface area (Å²) >= 11 is 23.7. The molecule has 13 heteroatoms. The highest BCUT2D eigenvalue weighted by Gasteiger charge is 2.17. The highest BCUT2D eigenvalue weighted by Crippen LogP contribution is 2.27. The van der Waals surface area contributed by atoms with Gasteiger partial charge in [0, 0.05) is 26.7 Å². The second-order valence-corrected chi connectivity index (χ2v) is 9.99. The van der Waals surface area contributed by atoms with E-state index in [0.29, 0.717) is 15.1 Å². The van der Waals surface area contributed by atoms with Gasteiger partial charge in [0.25, 0.3) is 0 Å². The zero-order valence-electron chi connectivity index (χ0n) is 21.1. The van der Waals surface area contributed by atoms with E-state index in [4.69, 9.17) is 55.9 Å². The van der Waals surface area contributed by atoms with E-state index in [1.165, 1.54) is 84.9 Å². The molecule has 0 fully saturated rings. The molecule has 9 nitrogen and oxygen atoms in total. The van der Waals surface area contributed by atoms with Crippen molar-refractivity contribution in [1.82, 2.24) is 5.43 Å². The average molecular weight is 645 g/mol. The number of halogens is 4. The van der Waals surface area contributed by atoms with Gasteiger partial charge in [-0.2, -0.15) is 5.10 Å². The summed E-state index contributed by atoms with van der Waals surface area (Å²) in [6.45, 7) is 0. The van der Waals surface area contributed by atoms with E-state index >= 15 is 0 Å². The molecule has 4 aromatic rings. The maximum atomic E-state index is 12.8. The molecule has 42 heavy (non-hydrogen) atoms. The van der Waals surface area contributed by atoms with Gasteiger partial charge in [0.2, 0.25) is 0 Å². The maximum absolute atomic E-state index is 12.8. The van der Waals surface area contributed by atoms with Crippen molar-refractivity contribution in [3.05, 3.63) is 122 Å². The van der Waals surface area contributed by atoms with E-state index in [0.717, 1.165) is 6.21 Å². The van der Waals surface area contributed by atoms with E-state index in [9.17, 15) is 19.2 Å². The normalized spacial score (nSPS) is 10.7. The Kier molecular flexibility index (Phi) is 10.2. The van der Waals surface area contributed by atoms with E-state index < -0.39 is 23.8 Å². The van der Waals surface area contributed by atoms with Crippen molar-refractivity contribution in [2.45, 2.75) is 0 Å². The van der Waals surface area contributed by atoms with Crippen molar-refractivity contribution in [1.29, 1.82) is 0 Å². The number of rotatable bonds is 7. The van der Waals surface area contributed by atoms with Crippen molar-refractivity contribution < 1.29 is 28.7 Å². The lowest BCUT2D eigenvalue weighted by Crippen LogP contribution is -2.32. The fraction of sp³-hybridized carbons (Fsp3) is 0. The Hall–Kier alpha value is -4.41. The Morgan fingerprint density at radius 1 is 0.643 bits per heavy atom. The highest BCUT2D eigenvalue weighted by atomic mass is 35.5. The van der Waals surface area contributed by atoms with E-state index in [2.05, 4.69) is 15.8 Å². The minimum Gasteiger partial charge on any atom is -0.423 e. The zero-order valence-corrected chi connectivity index (χ0v) is 24.1. The Morgan fingerprint density at radius 2 is 1.21 bits per heavy atom.